The molecule has 0 saturated carbocycles. The predicted molar refractivity (Wildman–Crippen MR) is 99.8 cm³/mol. The summed E-state index contributed by atoms with van der Waals surface area (Å²) in [6.45, 7) is 4.44. The third-order valence-electron chi connectivity index (χ3n) is 4.68. The summed E-state index contributed by atoms with van der Waals surface area (Å²) in [5.74, 6) is -1.36. The maximum Gasteiger partial charge on any atom is 0.330 e. The molecule has 1 aromatic carbocycles. The van der Waals surface area contributed by atoms with Crippen molar-refractivity contribution in [2.75, 3.05) is 13.1 Å². The van der Waals surface area contributed by atoms with Crippen LogP contribution in [0.15, 0.2) is 35.7 Å². The van der Waals surface area contributed by atoms with Crippen LogP contribution in [0.25, 0.3) is 0 Å². The van der Waals surface area contributed by atoms with E-state index in [1.807, 2.05) is 13.0 Å². The lowest BCUT2D eigenvalue weighted by atomic mass is 9.95. The molecule has 6 nitrogen and oxygen atoms in total. The van der Waals surface area contributed by atoms with E-state index in [4.69, 9.17) is 0 Å². The highest BCUT2D eigenvalue weighted by Gasteiger charge is 2.29. The van der Waals surface area contributed by atoms with Gasteiger partial charge < -0.3 is 10.4 Å². The van der Waals surface area contributed by atoms with E-state index < -0.39 is 12.0 Å². The minimum Gasteiger partial charge on any atom is -0.479 e. The van der Waals surface area contributed by atoms with Crippen LogP contribution in [0.1, 0.15) is 35.1 Å². The number of aryl methyl sites for hydroxylation is 1. The highest BCUT2D eigenvalue weighted by Crippen LogP contribution is 2.22. The molecule has 0 radical (unpaired) electrons. The number of piperidine rings is 1. The van der Waals surface area contributed by atoms with E-state index in [9.17, 15) is 14.7 Å². The van der Waals surface area contributed by atoms with Crippen molar-refractivity contribution >= 4 is 23.2 Å². The summed E-state index contributed by atoms with van der Waals surface area (Å²) in [6.07, 6.45) is 1.46. The Balaban J connectivity index is 1.53. The van der Waals surface area contributed by atoms with Gasteiger partial charge in [0.2, 0.25) is 5.91 Å². The molecule has 2 aromatic rings. The van der Waals surface area contributed by atoms with Crippen molar-refractivity contribution in [1.82, 2.24) is 15.2 Å². The number of carboxylic acid groups (broad SMARTS) is 1. The number of likely N-dealkylation sites (tertiary alicyclic amines) is 1. The number of hydrogen-bond acceptors (Lipinski definition) is 5. The average molecular weight is 373 g/mol. The predicted octanol–water partition coefficient (Wildman–Crippen LogP) is 2.61. The van der Waals surface area contributed by atoms with E-state index in [1.165, 1.54) is 0 Å². The monoisotopic (exact) mass is 373 g/mol. The van der Waals surface area contributed by atoms with Gasteiger partial charge in [-0.3, -0.25) is 9.69 Å². The van der Waals surface area contributed by atoms with Crippen LogP contribution in [0, 0.1) is 12.8 Å². The Morgan fingerprint density at radius 2 is 2.00 bits per heavy atom. The Hall–Kier alpha value is -2.25. The second kappa shape index (κ2) is 8.42. The van der Waals surface area contributed by atoms with E-state index in [0.717, 1.165) is 43.2 Å². The van der Waals surface area contributed by atoms with Gasteiger partial charge in [-0.05, 0) is 38.4 Å². The number of aromatic nitrogens is 1. The van der Waals surface area contributed by atoms with E-state index in [0.29, 0.717) is 5.56 Å². The third-order valence-corrected chi connectivity index (χ3v) is 5.50. The molecule has 0 unspecified atom stereocenters. The lowest BCUT2D eigenvalue weighted by Crippen LogP contribution is -2.42. The molecule has 3 rings (SSSR count). The van der Waals surface area contributed by atoms with Crippen molar-refractivity contribution in [3.63, 3.8) is 0 Å². The number of thiazole rings is 1. The smallest absolute Gasteiger partial charge is 0.330 e. The summed E-state index contributed by atoms with van der Waals surface area (Å²) in [6, 6.07) is 7.81. The van der Waals surface area contributed by atoms with Crippen LogP contribution in [0.2, 0.25) is 0 Å². The fourth-order valence-corrected chi connectivity index (χ4v) is 3.86. The van der Waals surface area contributed by atoms with Crippen molar-refractivity contribution in [1.29, 1.82) is 0 Å². The van der Waals surface area contributed by atoms with Gasteiger partial charge in [-0.2, -0.15) is 0 Å². The number of benzene rings is 1. The molecule has 2 heterocycles. The van der Waals surface area contributed by atoms with Gasteiger partial charge in [-0.25, -0.2) is 9.78 Å². The lowest BCUT2D eigenvalue weighted by molar-refractivity contribution is -0.143. The Bertz CT molecular complexity index is 754. The van der Waals surface area contributed by atoms with Gasteiger partial charge in [0.15, 0.2) is 6.04 Å². The first-order valence-electron chi connectivity index (χ1n) is 8.74. The molecule has 138 valence electrons. The fourth-order valence-electron chi connectivity index (χ4n) is 3.26. The van der Waals surface area contributed by atoms with Crippen LogP contribution in [-0.4, -0.2) is 40.0 Å². The molecular weight excluding hydrogens is 350 g/mol. The van der Waals surface area contributed by atoms with Gasteiger partial charge in [0.05, 0.1) is 10.7 Å². The van der Waals surface area contributed by atoms with Crippen molar-refractivity contribution in [2.24, 2.45) is 5.92 Å². The van der Waals surface area contributed by atoms with Gasteiger partial charge in [0, 0.05) is 17.8 Å². The normalized spacial score (nSPS) is 17.0. The third kappa shape index (κ3) is 4.68. The molecule has 0 aliphatic carbocycles. The zero-order chi connectivity index (χ0) is 18.5. The maximum atomic E-state index is 12.6. The Labute approximate surface area is 156 Å². The molecule has 2 N–H and O–H groups in total. The Morgan fingerprint density at radius 3 is 2.58 bits per heavy atom. The number of hydrogen-bond donors (Lipinski definition) is 2. The van der Waals surface area contributed by atoms with E-state index in [-0.39, 0.29) is 11.8 Å². The van der Waals surface area contributed by atoms with E-state index in [1.54, 1.807) is 35.6 Å². The van der Waals surface area contributed by atoms with E-state index >= 15 is 0 Å². The van der Waals surface area contributed by atoms with Crippen LogP contribution in [0.3, 0.4) is 0 Å². The van der Waals surface area contributed by atoms with Crippen LogP contribution in [-0.2, 0) is 16.1 Å². The summed E-state index contributed by atoms with van der Waals surface area (Å²) in [7, 11) is 0. The highest BCUT2D eigenvalue weighted by molar-refractivity contribution is 7.09. The van der Waals surface area contributed by atoms with Gasteiger partial charge >= 0.3 is 5.97 Å². The number of nitrogens with one attached hydrogen (secondary N) is 1. The number of carbonyl (C=O) groups is 2. The number of carbonyl (C=O) groups excluding carboxylic acids is 1. The first kappa shape index (κ1) is 18.5. The van der Waals surface area contributed by atoms with Crippen LogP contribution >= 0.6 is 11.3 Å². The quantitative estimate of drug-likeness (QED) is 0.813. The van der Waals surface area contributed by atoms with Gasteiger partial charge in [-0.1, -0.05) is 30.3 Å². The molecule has 26 heavy (non-hydrogen) atoms. The molecule has 1 atom stereocenters. The lowest BCUT2D eigenvalue weighted by Gasteiger charge is -2.31. The fraction of sp³-hybridized carbons (Fsp3) is 0.421. The second-order valence-corrected chi connectivity index (χ2v) is 7.66. The minimum absolute atomic E-state index is 0.144. The Kier molecular flexibility index (Phi) is 6.00. The topological polar surface area (TPSA) is 82.5 Å². The van der Waals surface area contributed by atoms with E-state index in [2.05, 4.69) is 20.6 Å². The molecule has 0 spiro atoms. The molecule has 0 bridgehead atoms. The number of rotatable bonds is 6. The second-order valence-electron chi connectivity index (χ2n) is 6.60. The molecular formula is C19H23N3O3S. The maximum absolute atomic E-state index is 12.6. The van der Waals surface area contributed by atoms with Crippen molar-refractivity contribution in [2.45, 2.75) is 32.4 Å². The SMILES string of the molecule is Cc1nc(CN2CCC(C(=O)N[C@H](C(=O)O)c3ccccc3)CC2)cs1. The van der Waals surface area contributed by atoms with Crippen LogP contribution in [0.4, 0.5) is 0 Å². The zero-order valence-corrected chi connectivity index (χ0v) is 15.5. The standard InChI is InChI=1S/C19H23N3O3S/c1-13-20-16(12-26-13)11-22-9-7-15(8-10-22)18(23)21-17(19(24)25)14-5-3-2-4-6-14/h2-6,12,15,17H,7-11H2,1H3,(H,21,23)(H,24,25)/t17-/m0/s1. The average Bonchev–Trinajstić information content (AvgIpc) is 3.05. The summed E-state index contributed by atoms with van der Waals surface area (Å²) >= 11 is 1.65. The molecule has 1 aromatic heterocycles. The highest BCUT2D eigenvalue weighted by atomic mass is 32.1. The van der Waals surface area contributed by atoms with Crippen molar-refractivity contribution in [3.05, 3.63) is 52.0 Å². The minimum atomic E-state index is -1.04. The summed E-state index contributed by atoms with van der Waals surface area (Å²) < 4.78 is 0. The van der Waals surface area contributed by atoms with Crippen LogP contribution < -0.4 is 5.32 Å². The van der Waals surface area contributed by atoms with Gasteiger partial charge in [0.1, 0.15) is 0 Å². The molecule has 1 aliphatic heterocycles. The summed E-state index contributed by atoms with van der Waals surface area (Å²) in [5.41, 5.74) is 1.66. The molecule has 1 fully saturated rings. The van der Waals surface area contributed by atoms with Crippen LogP contribution in [0.5, 0.6) is 0 Å². The first-order chi connectivity index (χ1) is 12.5. The van der Waals surface area contributed by atoms with Gasteiger partial charge in [0.25, 0.3) is 0 Å². The largest absolute Gasteiger partial charge is 0.479 e. The molecule has 1 aliphatic rings. The van der Waals surface area contributed by atoms with Crippen molar-refractivity contribution < 1.29 is 14.7 Å². The summed E-state index contributed by atoms with van der Waals surface area (Å²) in [5, 5.41) is 15.3. The van der Waals surface area contributed by atoms with Gasteiger partial charge in [-0.15, -0.1) is 11.3 Å². The molecule has 7 heteroatoms. The molecule has 1 amide bonds. The number of amides is 1. The number of aliphatic carboxylic acids is 1. The summed E-state index contributed by atoms with van der Waals surface area (Å²) in [4.78, 5) is 30.9. The zero-order valence-electron chi connectivity index (χ0n) is 14.7. The Morgan fingerprint density at radius 1 is 1.31 bits per heavy atom. The number of carboxylic acids is 1. The molecule has 1 saturated heterocycles. The number of nitrogens with zero attached hydrogens (tertiary/aromatic N) is 2. The van der Waals surface area contributed by atoms with Crippen molar-refractivity contribution in [3.8, 4) is 0 Å². The first-order valence-corrected chi connectivity index (χ1v) is 9.62.